The van der Waals surface area contributed by atoms with Crippen molar-refractivity contribution in [2.45, 2.75) is 31.3 Å². The molecule has 4 nitrogen and oxygen atoms in total. The van der Waals surface area contributed by atoms with Crippen molar-refractivity contribution < 1.29 is 27.8 Å². The molecule has 1 aromatic carbocycles. The fourth-order valence-corrected chi connectivity index (χ4v) is 1.69. The first-order valence-corrected chi connectivity index (χ1v) is 5.94. The molecule has 0 saturated carbocycles. The van der Waals surface area contributed by atoms with Gasteiger partial charge >= 0.3 is 12.1 Å². The van der Waals surface area contributed by atoms with E-state index in [0.717, 1.165) is 12.7 Å². The van der Waals surface area contributed by atoms with Gasteiger partial charge in [-0.25, -0.2) is 0 Å². The molecule has 0 radical (unpaired) electrons. The average molecular weight is 291 g/mol. The van der Waals surface area contributed by atoms with Gasteiger partial charge in [0.2, 0.25) is 0 Å². The number of aliphatic carboxylic acids is 1. The molecular weight excluding hydrogens is 275 g/mol. The zero-order valence-corrected chi connectivity index (χ0v) is 10.9. The van der Waals surface area contributed by atoms with Crippen molar-refractivity contribution >= 4 is 5.97 Å². The summed E-state index contributed by atoms with van der Waals surface area (Å²) in [6.45, 7) is 0.173. The SMILES string of the molecule is COC(CC(NCc1ccccc1)C(=O)O)C(F)(F)F. The molecule has 7 heteroatoms. The number of alkyl halides is 3. The second kappa shape index (κ2) is 7.25. The van der Waals surface area contributed by atoms with Crippen LogP contribution >= 0.6 is 0 Å². The predicted octanol–water partition coefficient (Wildman–Crippen LogP) is 2.20. The highest BCUT2D eigenvalue weighted by Crippen LogP contribution is 2.25. The molecule has 0 aliphatic rings. The molecule has 0 spiro atoms. The highest BCUT2D eigenvalue weighted by molar-refractivity contribution is 5.73. The van der Waals surface area contributed by atoms with Crippen LogP contribution in [-0.2, 0) is 16.1 Å². The molecule has 2 N–H and O–H groups in total. The second-order valence-corrected chi connectivity index (χ2v) is 4.26. The molecule has 0 saturated heterocycles. The van der Waals surface area contributed by atoms with Gasteiger partial charge in [0.05, 0.1) is 0 Å². The number of ether oxygens (including phenoxy) is 1. The van der Waals surface area contributed by atoms with Gasteiger partial charge in [-0.05, 0) is 5.56 Å². The number of carboxylic acids is 1. The van der Waals surface area contributed by atoms with Crippen molar-refractivity contribution in [2.24, 2.45) is 0 Å². The molecule has 112 valence electrons. The van der Waals surface area contributed by atoms with Crippen molar-refractivity contribution in [2.75, 3.05) is 7.11 Å². The van der Waals surface area contributed by atoms with E-state index in [1.165, 1.54) is 0 Å². The summed E-state index contributed by atoms with van der Waals surface area (Å²) in [7, 11) is 0.911. The molecule has 0 aromatic heterocycles. The molecule has 20 heavy (non-hydrogen) atoms. The van der Waals surface area contributed by atoms with Crippen LogP contribution in [0.15, 0.2) is 30.3 Å². The first-order valence-electron chi connectivity index (χ1n) is 5.94. The summed E-state index contributed by atoms with van der Waals surface area (Å²) in [5.41, 5.74) is 0.791. The fourth-order valence-electron chi connectivity index (χ4n) is 1.69. The fraction of sp³-hybridized carbons (Fsp3) is 0.462. The maximum Gasteiger partial charge on any atom is 0.414 e. The number of carboxylic acid groups (broad SMARTS) is 1. The van der Waals surface area contributed by atoms with Gasteiger partial charge in [0.25, 0.3) is 0 Å². The topological polar surface area (TPSA) is 58.6 Å². The monoisotopic (exact) mass is 291 g/mol. The van der Waals surface area contributed by atoms with Crippen LogP contribution in [0.3, 0.4) is 0 Å². The van der Waals surface area contributed by atoms with Crippen molar-refractivity contribution in [3.8, 4) is 0 Å². The lowest BCUT2D eigenvalue weighted by Crippen LogP contribution is -2.43. The lowest BCUT2D eigenvalue weighted by Gasteiger charge is -2.23. The van der Waals surface area contributed by atoms with Gasteiger partial charge < -0.3 is 15.2 Å². The Morgan fingerprint density at radius 2 is 1.95 bits per heavy atom. The highest BCUT2D eigenvalue weighted by Gasteiger charge is 2.42. The Morgan fingerprint density at radius 3 is 2.40 bits per heavy atom. The maximum atomic E-state index is 12.6. The third kappa shape index (κ3) is 5.18. The van der Waals surface area contributed by atoms with E-state index in [1.807, 2.05) is 0 Å². The number of nitrogens with one attached hydrogen (secondary N) is 1. The minimum atomic E-state index is -4.59. The Morgan fingerprint density at radius 1 is 1.35 bits per heavy atom. The number of rotatable bonds is 7. The van der Waals surface area contributed by atoms with Crippen LogP contribution in [0.25, 0.3) is 0 Å². The average Bonchev–Trinajstić information content (AvgIpc) is 2.38. The zero-order valence-electron chi connectivity index (χ0n) is 10.9. The minimum absolute atomic E-state index is 0.173. The Labute approximate surface area is 114 Å². The first kappa shape index (κ1) is 16.5. The normalized spacial score (nSPS) is 14.8. The maximum absolute atomic E-state index is 12.6. The molecule has 1 aromatic rings. The number of hydrogen-bond acceptors (Lipinski definition) is 3. The van der Waals surface area contributed by atoms with Crippen molar-refractivity contribution in [1.82, 2.24) is 5.32 Å². The van der Waals surface area contributed by atoms with Crippen LogP contribution in [0.2, 0.25) is 0 Å². The Hall–Kier alpha value is -1.60. The van der Waals surface area contributed by atoms with Crippen LogP contribution in [0, 0.1) is 0 Å². The van der Waals surface area contributed by atoms with Crippen LogP contribution in [-0.4, -0.2) is 36.5 Å². The number of benzene rings is 1. The largest absolute Gasteiger partial charge is 0.480 e. The van der Waals surface area contributed by atoms with E-state index >= 15 is 0 Å². The minimum Gasteiger partial charge on any atom is -0.480 e. The zero-order chi connectivity index (χ0) is 15.2. The van der Waals surface area contributed by atoms with E-state index in [2.05, 4.69) is 10.1 Å². The molecule has 0 heterocycles. The van der Waals surface area contributed by atoms with Crippen LogP contribution in [0.4, 0.5) is 13.2 Å². The highest BCUT2D eigenvalue weighted by atomic mass is 19.4. The predicted molar refractivity (Wildman–Crippen MR) is 66.2 cm³/mol. The van der Waals surface area contributed by atoms with Crippen molar-refractivity contribution in [3.05, 3.63) is 35.9 Å². The van der Waals surface area contributed by atoms with Crippen LogP contribution in [0.1, 0.15) is 12.0 Å². The summed E-state index contributed by atoms with van der Waals surface area (Å²) in [4.78, 5) is 11.0. The molecule has 2 atom stereocenters. The smallest absolute Gasteiger partial charge is 0.414 e. The Kier molecular flexibility index (Phi) is 5.97. The Balaban J connectivity index is 2.63. The van der Waals surface area contributed by atoms with Gasteiger partial charge in [-0.2, -0.15) is 13.2 Å². The summed E-state index contributed by atoms with van der Waals surface area (Å²) in [5, 5.41) is 11.6. The summed E-state index contributed by atoms with van der Waals surface area (Å²) in [6.07, 6.45) is -7.37. The number of halogens is 3. The van der Waals surface area contributed by atoms with E-state index in [-0.39, 0.29) is 6.54 Å². The molecule has 0 aliphatic heterocycles. The van der Waals surface area contributed by atoms with Crippen LogP contribution < -0.4 is 5.32 Å². The number of methoxy groups -OCH3 is 1. The van der Waals surface area contributed by atoms with Gasteiger partial charge in [0, 0.05) is 20.1 Å². The van der Waals surface area contributed by atoms with Crippen molar-refractivity contribution in [1.29, 1.82) is 0 Å². The molecule has 0 amide bonds. The molecule has 0 fully saturated rings. The van der Waals surface area contributed by atoms with Crippen molar-refractivity contribution in [3.63, 3.8) is 0 Å². The summed E-state index contributed by atoms with van der Waals surface area (Å²) >= 11 is 0. The second-order valence-electron chi connectivity index (χ2n) is 4.26. The van der Waals surface area contributed by atoms with Gasteiger partial charge in [0.1, 0.15) is 6.04 Å². The quantitative estimate of drug-likeness (QED) is 0.808. The van der Waals surface area contributed by atoms with E-state index in [0.29, 0.717) is 0 Å². The third-order valence-electron chi connectivity index (χ3n) is 2.79. The van der Waals surface area contributed by atoms with E-state index in [4.69, 9.17) is 5.11 Å². The van der Waals surface area contributed by atoms with Crippen LogP contribution in [0.5, 0.6) is 0 Å². The number of hydrogen-bond donors (Lipinski definition) is 2. The Bertz CT molecular complexity index is 423. The van der Waals surface area contributed by atoms with Gasteiger partial charge in [-0.15, -0.1) is 0 Å². The van der Waals surface area contributed by atoms with Gasteiger partial charge in [0.15, 0.2) is 6.10 Å². The lowest BCUT2D eigenvalue weighted by atomic mass is 10.1. The van der Waals surface area contributed by atoms with E-state index in [9.17, 15) is 18.0 Å². The van der Waals surface area contributed by atoms with E-state index < -0.39 is 30.7 Å². The van der Waals surface area contributed by atoms with Gasteiger partial charge in [-0.1, -0.05) is 30.3 Å². The summed E-state index contributed by atoms with van der Waals surface area (Å²) < 4.78 is 42.0. The number of carbonyl (C=O) groups is 1. The lowest BCUT2D eigenvalue weighted by molar-refractivity contribution is -0.216. The first-order chi connectivity index (χ1) is 9.34. The summed E-state index contributed by atoms with van der Waals surface area (Å²) in [5.74, 6) is -1.34. The van der Waals surface area contributed by atoms with E-state index in [1.54, 1.807) is 30.3 Å². The molecule has 0 aliphatic carbocycles. The third-order valence-corrected chi connectivity index (χ3v) is 2.79. The molecule has 2 unspecified atom stereocenters. The summed E-state index contributed by atoms with van der Waals surface area (Å²) in [6, 6.07) is 7.50. The standard InChI is InChI=1S/C13H16F3NO3/c1-20-11(13(14,15)16)7-10(12(18)19)17-8-9-5-3-2-4-6-9/h2-6,10-11,17H,7-8H2,1H3,(H,18,19). The molecule has 1 rings (SSSR count). The molecule has 0 bridgehead atoms. The molecular formula is C13H16F3NO3. The van der Waals surface area contributed by atoms with Gasteiger partial charge in [-0.3, -0.25) is 4.79 Å².